The number of carbonyl (C=O) groups is 2. The zero-order chi connectivity index (χ0) is 9.72. The van der Waals surface area contributed by atoms with Gasteiger partial charge in [0.15, 0.2) is 0 Å². The molecule has 0 rings (SSSR count). The average Bonchev–Trinajstić information content (AvgIpc) is 1.84. The molecule has 0 fully saturated rings. The van der Waals surface area contributed by atoms with Crippen LogP contribution in [0.5, 0.6) is 0 Å². The van der Waals surface area contributed by atoms with Crippen molar-refractivity contribution in [2.45, 2.75) is 32.5 Å². The van der Waals surface area contributed by atoms with Crippen molar-refractivity contribution in [3.8, 4) is 0 Å². The van der Waals surface area contributed by atoms with Crippen LogP contribution in [0.3, 0.4) is 0 Å². The molecule has 0 heterocycles. The zero-order valence-corrected chi connectivity index (χ0v) is 6.98. The van der Waals surface area contributed by atoms with Crippen molar-refractivity contribution < 1.29 is 24.5 Å². The molecular formula is C7H12O5. The molecule has 0 bridgehead atoms. The van der Waals surface area contributed by atoms with Gasteiger partial charge in [0.25, 0.3) is 0 Å². The van der Waals surface area contributed by atoms with E-state index >= 15 is 0 Å². The molecule has 0 radical (unpaired) electrons. The van der Waals surface area contributed by atoms with E-state index in [2.05, 4.69) is 4.74 Å². The Morgan fingerprint density at radius 2 is 1.83 bits per heavy atom. The van der Waals surface area contributed by atoms with Gasteiger partial charge in [0.1, 0.15) is 6.10 Å². The second kappa shape index (κ2) is 4.84. The van der Waals surface area contributed by atoms with Gasteiger partial charge in [-0.3, -0.25) is 4.79 Å². The Hall–Kier alpha value is -0.940. The van der Waals surface area contributed by atoms with Crippen molar-refractivity contribution in [3.05, 3.63) is 0 Å². The van der Waals surface area contributed by atoms with Gasteiger partial charge >= 0.3 is 11.9 Å². The van der Waals surface area contributed by atoms with Crippen LogP contribution in [0.25, 0.3) is 0 Å². The fourth-order valence-electron chi connectivity index (χ4n) is 0.480. The van der Waals surface area contributed by atoms with Crippen LogP contribution in [0.1, 0.15) is 20.3 Å². The lowest BCUT2D eigenvalue weighted by Gasteiger charge is -2.05. The Morgan fingerprint density at radius 3 is 2.17 bits per heavy atom. The van der Waals surface area contributed by atoms with Gasteiger partial charge in [-0.1, -0.05) is 0 Å². The fourth-order valence-corrected chi connectivity index (χ4v) is 0.480. The highest BCUT2D eigenvalue weighted by atomic mass is 16.6. The molecule has 0 aromatic heterocycles. The first-order valence-electron chi connectivity index (χ1n) is 3.54. The first-order chi connectivity index (χ1) is 5.43. The summed E-state index contributed by atoms with van der Waals surface area (Å²) in [5, 5.41) is 17.3. The van der Waals surface area contributed by atoms with Gasteiger partial charge in [0.2, 0.25) is 0 Å². The van der Waals surface area contributed by atoms with Crippen LogP contribution < -0.4 is 0 Å². The maximum absolute atomic E-state index is 10.7. The van der Waals surface area contributed by atoms with E-state index in [1.165, 1.54) is 13.8 Å². The highest BCUT2D eigenvalue weighted by Crippen LogP contribution is 1.95. The van der Waals surface area contributed by atoms with E-state index in [9.17, 15) is 9.59 Å². The Morgan fingerprint density at radius 1 is 1.33 bits per heavy atom. The molecule has 0 saturated carbocycles. The van der Waals surface area contributed by atoms with Crippen LogP contribution in [0.4, 0.5) is 0 Å². The normalized spacial score (nSPS) is 15.0. The Bertz CT molecular complexity index is 173. The molecule has 0 amide bonds. The number of hydrogen-bond donors (Lipinski definition) is 2. The number of aliphatic hydroxyl groups excluding tert-OH is 2. The first-order valence-corrected chi connectivity index (χ1v) is 3.54. The molecule has 0 aliphatic carbocycles. The summed E-state index contributed by atoms with van der Waals surface area (Å²) in [6.45, 7) is 2.59. The highest BCUT2D eigenvalue weighted by molar-refractivity contribution is 5.87. The Kier molecular flexibility index (Phi) is 4.46. The molecule has 0 aliphatic rings. The van der Waals surface area contributed by atoms with Gasteiger partial charge in [-0.2, -0.15) is 0 Å². The van der Waals surface area contributed by atoms with Crippen LogP contribution >= 0.6 is 0 Å². The predicted octanol–water partition coefficient (Wildman–Crippen LogP) is -0.792. The third-order valence-electron chi connectivity index (χ3n) is 1.02. The van der Waals surface area contributed by atoms with Gasteiger partial charge in [0.05, 0.1) is 12.5 Å². The molecule has 2 atom stereocenters. The summed E-state index contributed by atoms with van der Waals surface area (Å²) in [5.74, 6) is -1.84. The summed E-state index contributed by atoms with van der Waals surface area (Å²) in [6, 6.07) is 0. The minimum Gasteiger partial charge on any atom is -0.393 e. The number of hydrogen-bond acceptors (Lipinski definition) is 5. The summed E-state index contributed by atoms with van der Waals surface area (Å²) in [5.41, 5.74) is 0. The lowest BCUT2D eigenvalue weighted by Crippen LogP contribution is -2.24. The Labute approximate surface area is 70.0 Å². The van der Waals surface area contributed by atoms with Gasteiger partial charge in [0, 0.05) is 0 Å². The minimum atomic E-state index is -1.32. The standard InChI is InChI=1S/C7H12O5/c1-4(8)3-6(10)12-7(11)5(2)9/h4-5,8-9H,3H2,1-2H3. The molecule has 0 aliphatic heterocycles. The molecule has 0 spiro atoms. The summed E-state index contributed by atoms with van der Waals surface area (Å²) in [7, 11) is 0. The molecule has 0 saturated heterocycles. The van der Waals surface area contributed by atoms with Crippen LogP contribution in [-0.4, -0.2) is 34.4 Å². The molecular weight excluding hydrogens is 164 g/mol. The number of ether oxygens (including phenoxy) is 1. The van der Waals surface area contributed by atoms with E-state index in [0.29, 0.717) is 0 Å². The van der Waals surface area contributed by atoms with Crippen molar-refractivity contribution in [2.75, 3.05) is 0 Å². The number of esters is 2. The topological polar surface area (TPSA) is 83.8 Å². The van der Waals surface area contributed by atoms with E-state index in [-0.39, 0.29) is 6.42 Å². The van der Waals surface area contributed by atoms with Gasteiger partial charge in [-0.15, -0.1) is 0 Å². The van der Waals surface area contributed by atoms with Crippen molar-refractivity contribution in [1.29, 1.82) is 0 Å². The summed E-state index contributed by atoms with van der Waals surface area (Å²) < 4.78 is 4.13. The first kappa shape index (κ1) is 11.1. The predicted molar refractivity (Wildman–Crippen MR) is 39.1 cm³/mol. The van der Waals surface area contributed by atoms with Gasteiger partial charge < -0.3 is 14.9 Å². The second-order valence-corrected chi connectivity index (χ2v) is 2.52. The lowest BCUT2D eigenvalue weighted by atomic mass is 10.3. The third kappa shape index (κ3) is 4.81. The molecule has 5 heteroatoms. The maximum Gasteiger partial charge on any atom is 0.342 e. The molecule has 12 heavy (non-hydrogen) atoms. The maximum atomic E-state index is 10.7. The average molecular weight is 176 g/mol. The molecule has 2 unspecified atom stereocenters. The number of rotatable bonds is 3. The zero-order valence-electron chi connectivity index (χ0n) is 6.98. The number of carbonyl (C=O) groups excluding carboxylic acids is 2. The molecule has 5 nitrogen and oxygen atoms in total. The van der Waals surface area contributed by atoms with Crippen molar-refractivity contribution in [2.24, 2.45) is 0 Å². The van der Waals surface area contributed by atoms with E-state index in [1.807, 2.05) is 0 Å². The molecule has 0 aromatic rings. The fraction of sp³-hybridized carbons (Fsp3) is 0.714. The molecule has 70 valence electrons. The van der Waals surface area contributed by atoms with Gasteiger partial charge in [-0.05, 0) is 13.8 Å². The molecule has 0 aromatic carbocycles. The minimum absolute atomic E-state index is 0.252. The quantitative estimate of drug-likeness (QED) is 0.435. The SMILES string of the molecule is CC(O)CC(=O)OC(=O)C(C)O. The Balaban J connectivity index is 3.77. The summed E-state index contributed by atoms with van der Waals surface area (Å²) >= 11 is 0. The third-order valence-corrected chi connectivity index (χ3v) is 1.02. The molecule has 2 N–H and O–H groups in total. The van der Waals surface area contributed by atoms with E-state index < -0.39 is 24.1 Å². The second-order valence-electron chi connectivity index (χ2n) is 2.52. The lowest BCUT2D eigenvalue weighted by molar-refractivity contribution is -0.166. The van der Waals surface area contributed by atoms with E-state index in [4.69, 9.17) is 10.2 Å². The number of aliphatic hydroxyl groups is 2. The van der Waals surface area contributed by atoms with Crippen LogP contribution in [-0.2, 0) is 14.3 Å². The smallest absolute Gasteiger partial charge is 0.342 e. The van der Waals surface area contributed by atoms with E-state index in [0.717, 1.165) is 0 Å². The highest BCUT2D eigenvalue weighted by Gasteiger charge is 2.16. The van der Waals surface area contributed by atoms with Crippen LogP contribution in [0.15, 0.2) is 0 Å². The summed E-state index contributed by atoms with van der Waals surface area (Å²) in [4.78, 5) is 21.2. The van der Waals surface area contributed by atoms with Crippen molar-refractivity contribution >= 4 is 11.9 Å². The van der Waals surface area contributed by atoms with Crippen LogP contribution in [0, 0.1) is 0 Å². The van der Waals surface area contributed by atoms with Crippen LogP contribution in [0.2, 0.25) is 0 Å². The van der Waals surface area contributed by atoms with Crippen molar-refractivity contribution in [1.82, 2.24) is 0 Å². The van der Waals surface area contributed by atoms with Gasteiger partial charge in [-0.25, -0.2) is 4.79 Å². The van der Waals surface area contributed by atoms with Crippen molar-refractivity contribution in [3.63, 3.8) is 0 Å². The monoisotopic (exact) mass is 176 g/mol. The summed E-state index contributed by atoms with van der Waals surface area (Å²) in [6.07, 6.45) is -2.42. The van der Waals surface area contributed by atoms with E-state index in [1.54, 1.807) is 0 Å². The largest absolute Gasteiger partial charge is 0.393 e.